The van der Waals surface area contributed by atoms with E-state index in [9.17, 15) is 4.79 Å². The lowest BCUT2D eigenvalue weighted by Gasteiger charge is -2.11. The fourth-order valence-electron chi connectivity index (χ4n) is 3.04. The molecule has 0 aliphatic rings. The highest BCUT2D eigenvalue weighted by Crippen LogP contribution is 2.22. The topological polar surface area (TPSA) is 46.9 Å². The maximum Gasteiger partial charge on any atom is 0.259 e. The second-order valence-electron chi connectivity index (χ2n) is 6.50. The molecule has 134 valence electrons. The normalized spacial score (nSPS) is 10.8. The summed E-state index contributed by atoms with van der Waals surface area (Å²) >= 11 is 6.25. The third-order valence-corrected chi connectivity index (χ3v) is 5.11. The predicted molar refractivity (Wildman–Crippen MR) is 106 cm³/mol. The molecule has 0 unspecified atom stereocenters. The Kier molecular flexibility index (Phi) is 5.14. The number of rotatable bonds is 4. The van der Waals surface area contributed by atoms with Gasteiger partial charge in [-0.05, 0) is 56.5 Å². The predicted octanol–water partition coefficient (Wildman–Crippen LogP) is 5.07. The third-order valence-electron chi connectivity index (χ3n) is 4.74. The molecule has 0 atom stereocenters. The minimum Gasteiger partial charge on any atom is -0.322 e. The Morgan fingerprint density at radius 2 is 1.81 bits per heavy atom. The van der Waals surface area contributed by atoms with Crippen LogP contribution in [0.3, 0.4) is 0 Å². The lowest BCUT2D eigenvalue weighted by molar-refractivity contribution is 0.102. The molecule has 0 aliphatic carbocycles. The molecule has 1 aromatic heterocycles. The van der Waals surface area contributed by atoms with Crippen molar-refractivity contribution in [3.63, 3.8) is 0 Å². The Labute approximate surface area is 158 Å². The van der Waals surface area contributed by atoms with E-state index in [4.69, 9.17) is 11.6 Å². The van der Waals surface area contributed by atoms with Crippen LogP contribution in [0.15, 0.2) is 42.5 Å². The molecule has 26 heavy (non-hydrogen) atoms. The summed E-state index contributed by atoms with van der Waals surface area (Å²) in [6, 6.07) is 13.6. The summed E-state index contributed by atoms with van der Waals surface area (Å²) in [5, 5.41) is 8.26. The number of nitrogens with one attached hydrogen (secondary N) is 1. The zero-order valence-corrected chi connectivity index (χ0v) is 16.2. The Bertz CT molecular complexity index is 975. The number of hydrogen-bond donors (Lipinski definition) is 1. The number of aryl methyl sites for hydroxylation is 2. The van der Waals surface area contributed by atoms with E-state index in [2.05, 4.69) is 10.4 Å². The number of benzene rings is 2. The first kappa shape index (κ1) is 18.2. The highest BCUT2D eigenvalue weighted by molar-refractivity contribution is 6.31. The molecule has 1 N–H and O–H groups in total. The Balaban J connectivity index is 1.89. The van der Waals surface area contributed by atoms with Crippen molar-refractivity contribution >= 4 is 23.2 Å². The average Bonchev–Trinajstić information content (AvgIpc) is 2.88. The van der Waals surface area contributed by atoms with Crippen LogP contribution >= 0.6 is 11.6 Å². The van der Waals surface area contributed by atoms with Gasteiger partial charge in [-0.25, -0.2) is 0 Å². The second kappa shape index (κ2) is 7.34. The molecule has 0 spiro atoms. The summed E-state index contributed by atoms with van der Waals surface area (Å²) in [6.45, 7) is 8.33. The van der Waals surface area contributed by atoms with Gasteiger partial charge in [0, 0.05) is 16.4 Å². The van der Waals surface area contributed by atoms with Gasteiger partial charge in [-0.15, -0.1) is 0 Å². The van der Waals surface area contributed by atoms with Gasteiger partial charge in [0.2, 0.25) is 0 Å². The molecule has 4 nitrogen and oxygen atoms in total. The van der Waals surface area contributed by atoms with Crippen LogP contribution in [-0.2, 0) is 6.54 Å². The summed E-state index contributed by atoms with van der Waals surface area (Å²) in [6.07, 6.45) is 0. The quantitative estimate of drug-likeness (QED) is 0.699. The van der Waals surface area contributed by atoms with Crippen LogP contribution in [0, 0.1) is 27.7 Å². The molecule has 3 rings (SSSR count). The first-order chi connectivity index (χ1) is 12.4. The van der Waals surface area contributed by atoms with Crippen molar-refractivity contribution in [1.29, 1.82) is 0 Å². The smallest absolute Gasteiger partial charge is 0.259 e. The number of hydrogen-bond acceptors (Lipinski definition) is 2. The van der Waals surface area contributed by atoms with E-state index in [0.717, 1.165) is 28.1 Å². The van der Waals surface area contributed by atoms with Gasteiger partial charge >= 0.3 is 0 Å². The van der Waals surface area contributed by atoms with E-state index in [1.165, 1.54) is 0 Å². The number of carbonyl (C=O) groups excluding carboxylic acids is 1. The third kappa shape index (κ3) is 3.51. The van der Waals surface area contributed by atoms with E-state index in [1.807, 2.05) is 74.8 Å². The van der Waals surface area contributed by atoms with Crippen molar-refractivity contribution in [3.05, 3.63) is 81.1 Å². The number of amides is 1. The first-order valence-corrected chi connectivity index (χ1v) is 8.91. The highest BCUT2D eigenvalue weighted by atomic mass is 35.5. The maximum atomic E-state index is 12.9. The molecule has 1 amide bonds. The van der Waals surface area contributed by atoms with Crippen LogP contribution in [0.2, 0.25) is 5.02 Å². The lowest BCUT2D eigenvalue weighted by atomic mass is 10.1. The second-order valence-corrected chi connectivity index (χ2v) is 6.90. The van der Waals surface area contributed by atoms with Crippen molar-refractivity contribution < 1.29 is 4.79 Å². The number of halogens is 1. The van der Waals surface area contributed by atoms with Crippen LogP contribution in [0.4, 0.5) is 5.69 Å². The van der Waals surface area contributed by atoms with E-state index >= 15 is 0 Å². The molecular formula is C21H22ClN3O. The molecule has 0 aliphatic heterocycles. The van der Waals surface area contributed by atoms with E-state index in [0.29, 0.717) is 22.8 Å². The Morgan fingerprint density at radius 3 is 2.54 bits per heavy atom. The van der Waals surface area contributed by atoms with E-state index in [1.54, 1.807) is 0 Å². The molecule has 0 fully saturated rings. The van der Waals surface area contributed by atoms with Crippen LogP contribution in [0.25, 0.3) is 0 Å². The van der Waals surface area contributed by atoms with Crippen LogP contribution < -0.4 is 5.32 Å². The van der Waals surface area contributed by atoms with Crippen molar-refractivity contribution in [3.8, 4) is 0 Å². The maximum absolute atomic E-state index is 12.9. The Hall–Kier alpha value is -2.59. The van der Waals surface area contributed by atoms with Gasteiger partial charge in [0.1, 0.15) is 0 Å². The minimum atomic E-state index is -0.140. The number of nitrogens with zero attached hydrogens (tertiary/aromatic N) is 2. The van der Waals surface area contributed by atoms with Crippen molar-refractivity contribution in [2.24, 2.45) is 0 Å². The number of anilines is 1. The highest BCUT2D eigenvalue weighted by Gasteiger charge is 2.20. The SMILES string of the molecule is Cc1cccc(NC(=O)c2c(C)nn(Cc3ccccc3Cl)c2C)c1C. The van der Waals surface area contributed by atoms with Crippen LogP contribution in [-0.4, -0.2) is 15.7 Å². The van der Waals surface area contributed by atoms with Gasteiger partial charge in [-0.2, -0.15) is 5.10 Å². The van der Waals surface area contributed by atoms with Gasteiger partial charge in [-0.1, -0.05) is 41.9 Å². The van der Waals surface area contributed by atoms with E-state index in [-0.39, 0.29) is 5.91 Å². The molecule has 0 saturated heterocycles. The largest absolute Gasteiger partial charge is 0.322 e. The number of aromatic nitrogens is 2. The zero-order valence-electron chi connectivity index (χ0n) is 15.4. The van der Waals surface area contributed by atoms with Crippen molar-refractivity contribution in [2.75, 3.05) is 5.32 Å². The van der Waals surface area contributed by atoms with Gasteiger partial charge in [-0.3, -0.25) is 9.48 Å². The van der Waals surface area contributed by atoms with Gasteiger partial charge in [0.05, 0.1) is 17.8 Å². The standard InChI is InChI=1S/C21H22ClN3O/c1-13-8-7-11-19(14(13)2)23-21(26)20-15(3)24-25(16(20)4)12-17-9-5-6-10-18(17)22/h5-11H,12H2,1-4H3,(H,23,26). The summed E-state index contributed by atoms with van der Waals surface area (Å²) in [4.78, 5) is 12.9. The van der Waals surface area contributed by atoms with E-state index < -0.39 is 0 Å². The number of carbonyl (C=O) groups is 1. The van der Waals surface area contributed by atoms with Crippen molar-refractivity contribution in [2.45, 2.75) is 34.2 Å². The summed E-state index contributed by atoms with van der Waals surface area (Å²) < 4.78 is 1.83. The molecule has 2 aromatic carbocycles. The van der Waals surface area contributed by atoms with Gasteiger partial charge in [0.15, 0.2) is 0 Å². The van der Waals surface area contributed by atoms with Gasteiger partial charge < -0.3 is 5.32 Å². The molecule has 1 heterocycles. The molecule has 5 heteroatoms. The lowest BCUT2D eigenvalue weighted by Crippen LogP contribution is -2.15. The monoisotopic (exact) mass is 367 g/mol. The van der Waals surface area contributed by atoms with Crippen LogP contribution in [0.5, 0.6) is 0 Å². The zero-order chi connectivity index (χ0) is 18.8. The fraction of sp³-hybridized carbons (Fsp3) is 0.238. The molecule has 3 aromatic rings. The fourth-order valence-corrected chi connectivity index (χ4v) is 3.23. The average molecular weight is 368 g/mol. The molecule has 0 radical (unpaired) electrons. The summed E-state index contributed by atoms with van der Waals surface area (Å²) in [5.41, 5.74) is 6.15. The molecule has 0 bridgehead atoms. The molecular weight excluding hydrogens is 346 g/mol. The summed E-state index contributed by atoms with van der Waals surface area (Å²) in [7, 11) is 0. The van der Waals surface area contributed by atoms with Crippen molar-refractivity contribution in [1.82, 2.24) is 9.78 Å². The molecule has 0 saturated carbocycles. The first-order valence-electron chi connectivity index (χ1n) is 8.53. The van der Waals surface area contributed by atoms with Gasteiger partial charge in [0.25, 0.3) is 5.91 Å². The minimum absolute atomic E-state index is 0.140. The summed E-state index contributed by atoms with van der Waals surface area (Å²) in [5.74, 6) is -0.140. The Morgan fingerprint density at radius 1 is 1.08 bits per heavy atom. The van der Waals surface area contributed by atoms with Crippen LogP contribution in [0.1, 0.15) is 38.4 Å².